The predicted octanol–water partition coefficient (Wildman–Crippen LogP) is 4.81. The highest BCUT2D eigenvalue weighted by Gasteiger charge is 2.44. The minimum Gasteiger partial charge on any atom is -0.457 e. The van der Waals surface area contributed by atoms with Crippen LogP contribution in [0, 0.1) is 0 Å². The number of anilines is 1. The first-order valence-electron chi connectivity index (χ1n) is 15.5. The number of hydrogen-bond acceptors (Lipinski definition) is 9. The van der Waals surface area contributed by atoms with Crippen LogP contribution in [0.3, 0.4) is 0 Å². The molecule has 3 aliphatic rings. The second-order valence-corrected chi connectivity index (χ2v) is 13.1. The van der Waals surface area contributed by atoms with Crippen molar-refractivity contribution < 1.29 is 14.3 Å². The molecule has 2 aromatic carbocycles. The van der Waals surface area contributed by atoms with E-state index in [4.69, 9.17) is 20.3 Å². The standard InChI is InChI=1S/C33H40N8O3/c1-33(2,3)44-32(42)40-19-25(20-40)39-17-24(18-39)38-15-13-23(14-16-38)41-31-28(30(34)35-21-36-31)29(37-41)22-9-11-27(12-10-22)43-26-7-5-4-6-8-26/h4-12,21,23-25H,13-20H2,1-3H3,(H2,34,35,36). The predicted molar refractivity (Wildman–Crippen MR) is 168 cm³/mol. The molecular weight excluding hydrogens is 556 g/mol. The lowest BCUT2D eigenvalue weighted by molar-refractivity contribution is -0.0623. The van der Waals surface area contributed by atoms with Gasteiger partial charge in [0.2, 0.25) is 0 Å². The number of ether oxygens (including phenoxy) is 2. The van der Waals surface area contributed by atoms with Crippen LogP contribution in [0.15, 0.2) is 60.9 Å². The lowest BCUT2D eigenvalue weighted by atomic mass is 9.96. The number of nitrogens with two attached hydrogens (primary N) is 1. The van der Waals surface area contributed by atoms with Crippen LogP contribution in [-0.2, 0) is 4.74 Å². The maximum Gasteiger partial charge on any atom is 0.410 e. The molecule has 2 N–H and O–H groups in total. The van der Waals surface area contributed by atoms with E-state index in [0.717, 1.165) is 85.9 Å². The molecule has 230 valence electrons. The van der Waals surface area contributed by atoms with E-state index in [-0.39, 0.29) is 12.1 Å². The zero-order chi connectivity index (χ0) is 30.4. The third-order valence-corrected chi connectivity index (χ3v) is 8.91. The fraction of sp³-hybridized carbons (Fsp3) is 0.455. The molecule has 7 rings (SSSR count). The lowest BCUT2D eigenvalue weighted by Gasteiger charge is -2.54. The quantitative estimate of drug-likeness (QED) is 0.335. The molecule has 0 unspecified atom stereocenters. The Morgan fingerprint density at radius 2 is 1.50 bits per heavy atom. The largest absolute Gasteiger partial charge is 0.457 e. The molecule has 4 aromatic rings. The van der Waals surface area contributed by atoms with Crippen molar-refractivity contribution >= 4 is 22.9 Å². The summed E-state index contributed by atoms with van der Waals surface area (Å²) in [5, 5.41) is 5.88. The summed E-state index contributed by atoms with van der Waals surface area (Å²) in [6.45, 7) is 11.4. The molecule has 0 radical (unpaired) electrons. The van der Waals surface area contributed by atoms with Crippen molar-refractivity contribution in [2.75, 3.05) is 45.0 Å². The average Bonchev–Trinajstić information content (AvgIpc) is 3.35. The SMILES string of the molecule is CC(C)(C)OC(=O)N1CC(N2CC(N3CCC(n4nc(-c5ccc(Oc6ccccc6)cc5)c5c(N)ncnc54)CC3)C2)C1. The van der Waals surface area contributed by atoms with Gasteiger partial charge in [-0.3, -0.25) is 9.80 Å². The van der Waals surface area contributed by atoms with E-state index in [1.54, 1.807) is 4.90 Å². The molecule has 0 bridgehead atoms. The number of piperidine rings is 1. The van der Waals surface area contributed by atoms with Gasteiger partial charge in [0.25, 0.3) is 0 Å². The molecule has 11 nitrogen and oxygen atoms in total. The molecule has 0 aliphatic carbocycles. The maximum atomic E-state index is 12.3. The molecule has 44 heavy (non-hydrogen) atoms. The Balaban J connectivity index is 0.971. The van der Waals surface area contributed by atoms with Crippen LogP contribution in [-0.4, -0.2) is 97.5 Å². The van der Waals surface area contributed by atoms with Crippen molar-refractivity contribution in [1.29, 1.82) is 0 Å². The van der Waals surface area contributed by atoms with Gasteiger partial charge in [-0.15, -0.1) is 0 Å². The Hall–Kier alpha value is -4.22. The first-order chi connectivity index (χ1) is 21.2. The van der Waals surface area contributed by atoms with Crippen molar-refractivity contribution in [3.8, 4) is 22.8 Å². The van der Waals surface area contributed by atoms with Crippen LogP contribution in [0.4, 0.5) is 10.6 Å². The summed E-state index contributed by atoms with van der Waals surface area (Å²) >= 11 is 0. The molecule has 3 aliphatic heterocycles. The van der Waals surface area contributed by atoms with Gasteiger partial charge in [0.1, 0.15) is 34.9 Å². The van der Waals surface area contributed by atoms with Crippen molar-refractivity contribution in [1.82, 2.24) is 34.4 Å². The average molecular weight is 597 g/mol. The first kappa shape index (κ1) is 28.5. The molecule has 3 fully saturated rings. The Morgan fingerprint density at radius 1 is 0.841 bits per heavy atom. The monoisotopic (exact) mass is 596 g/mol. The van der Waals surface area contributed by atoms with Crippen LogP contribution in [0.2, 0.25) is 0 Å². The summed E-state index contributed by atoms with van der Waals surface area (Å²) in [6, 6.07) is 18.9. The lowest BCUT2D eigenvalue weighted by Crippen LogP contribution is -2.70. The molecule has 0 atom stereocenters. The number of nitrogen functional groups attached to an aromatic ring is 1. The summed E-state index contributed by atoms with van der Waals surface area (Å²) in [5.74, 6) is 1.99. The fourth-order valence-corrected chi connectivity index (χ4v) is 6.43. The summed E-state index contributed by atoms with van der Waals surface area (Å²) in [6.07, 6.45) is 3.31. The molecule has 0 spiro atoms. The maximum absolute atomic E-state index is 12.3. The van der Waals surface area contributed by atoms with Crippen molar-refractivity contribution in [3.05, 3.63) is 60.9 Å². The molecule has 1 amide bonds. The summed E-state index contributed by atoms with van der Waals surface area (Å²) in [5.41, 5.74) is 8.46. The van der Waals surface area contributed by atoms with Crippen LogP contribution in [0.5, 0.6) is 11.5 Å². The third kappa shape index (κ3) is 5.69. The minimum absolute atomic E-state index is 0.205. The van der Waals surface area contributed by atoms with Crippen LogP contribution < -0.4 is 10.5 Å². The van der Waals surface area contributed by atoms with Crippen LogP contribution in [0.25, 0.3) is 22.3 Å². The number of carbonyl (C=O) groups is 1. The first-order valence-corrected chi connectivity index (χ1v) is 15.5. The van der Waals surface area contributed by atoms with E-state index < -0.39 is 5.60 Å². The van der Waals surface area contributed by atoms with Gasteiger partial charge >= 0.3 is 6.09 Å². The highest BCUT2D eigenvalue weighted by Crippen LogP contribution is 2.36. The number of carbonyl (C=O) groups excluding carboxylic acids is 1. The van der Waals surface area contributed by atoms with E-state index in [2.05, 4.69) is 24.4 Å². The molecule has 2 aromatic heterocycles. The smallest absolute Gasteiger partial charge is 0.410 e. The van der Waals surface area contributed by atoms with Gasteiger partial charge in [0, 0.05) is 56.9 Å². The summed E-state index contributed by atoms with van der Waals surface area (Å²) < 4.78 is 13.6. The molecule has 5 heterocycles. The number of likely N-dealkylation sites (tertiary alicyclic amines) is 3. The zero-order valence-corrected chi connectivity index (χ0v) is 25.6. The topological polar surface area (TPSA) is 115 Å². The summed E-state index contributed by atoms with van der Waals surface area (Å²) in [4.78, 5) is 28.1. The van der Waals surface area contributed by atoms with Gasteiger partial charge < -0.3 is 20.1 Å². The summed E-state index contributed by atoms with van der Waals surface area (Å²) in [7, 11) is 0. The highest BCUT2D eigenvalue weighted by molar-refractivity contribution is 5.98. The molecule has 3 saturated heterocycles. The second-order valence-electron chi connectivity index (χ2n) is 13.1. The number of amides is 1. The van der Waals surface area contributed by atoms with Crippen molar-refractivity contribution in [2.24, 2.45) is 0 Å². The van der Waals surface area contributed by atoms with Gasteiger partial charge in [-0.05, 0) is 70.0 Å². The Morgan fingerprint density at radius 3 is 2.18 bits per heavy atom. The fourth-order valence-electron chi connectivity index (χ4n) is 6.43. The third-order valence-electron chi connectivity index (χ3n) is 8.91. The minimum atomic E-state index is -0.455. The number of aromatic nitrogens is 4. The van der Waals surface area contributed by atoms with E-state index >= 15 is 0 Å². The molecule has 11 heteroatoms. The van der Waals surface area contributed by atoms with E-state index in [1.165, 1.54) is 6.33 Å². The van der Waals surface area contributed by atoms with Gasteiger partial charge in [-0.2, -0.15) is 5.10 Å². The highest BCUT2D eigenvalue weighted by atomic mass is 16.6. The van der Waals surface area contributed by atoms with Crippen LogP contribution >= 0.6 is 0 Å². The van der Waals surface area contributed by atoms with Gasteiger partial charge in [-0.1, -0.05) is 18.2 Å². The van der Waals surface area contributed by atoms with Crippen LogP contribution in [0.1, 0.15) is 39.7 Å². The zero-order valence-electron chi connectivity index (χ0n) is 25.6. The number of fused-ring (bicyclic) bond motifs is 1. The second kappa shape index (κ2) is 11.4. The Bertz CT molecular complexity index is 1610. The van der Waals surface area contributed by atoms with E-state index in [9.17, 15) is 4.79 Å². The number of rotatable bonds is 6. The van der Waals surface area contributed by atoms with E-state index in [1.807, 2.05) is 75.4 Å². The molecular formula is C33H40N8O3. The Kier molecular flexibility index (Phi) is 7.37. The van der Waals surface area contributed by atoms with Crippen molar-refractivity contribution in [3.63, 3.8) is 0 Å². The van der Waals surface area contributed by atoms with Gasteiger partial charge in [0.05, 0.1) is 11.4 Å². The number of hydrogen-bond donors (Lipinski definition) is 1. The number of para-hydroxylation sites is 1. The van der Waals surface area contributed by atoms with Crippen molar-refractivity contribution in [2.45, 2.75) is 57.3 Å². The molecule has 0 saturated carbocycles. The van der Waals surface area contributed by atoms with Gasteiger partial charge in [0.15, 0.2) is 5.65 Å². The Labute approximate surface area is 257 Å². The van der Waals surface area contributed by atoms with E-state index in [0.29, 0.717) is 17.9 Å². The van der Waals surface area contributed by atoms with Gasteiger partial charge in [-0.25, -0.2) is 19.4 Å². The normalized spacial score (nSPS) is 19.1. The number of benzene rings is 2. The number of nitrogens with zero attached hydrogens (tertiary/aromatic N) is 7.